The van der Waals surface area contributed by atoms with E-state index in [2.05, 4.69) is 5.32 Å². The molecule has 0 saturated carbocycles. The first-order valence-electron chi connectivity index (χ1n) is 5.49. The fraction of sp³-hybridized carbons (Fsp3) is 0.417. The molecule has 0 unspecified atom stereocenters. The Labute approximate surface area is 94.3 Å². The molecule has 1 aromatic rings. The summed E-state index contributed by atoms with van der Waals surface area (Å²) in [4.78, 5) is 13.4. The van der Waals surface area contributed by atoms with E-state index in [4.69, 9.17) is 0 Å². The lowest BCUT2D eigenvalue weighted by atomic mass is 10.1. The van der Waals surface area contributed by atoms with E-state index in [9.17, 15) is 9.18 Å². The summed E-state index contributed by atoms with van der Waals surface area (Å²) >= 11 is 0. The van der Waals surface area contributed by atoms with Crippen LogP contribution in [0.25, 0.3) is 0 Å². The molecule has 0 bridgehead atoms. The topological polar surface area (TPSA) is 32.3 Å². The molecule has 1 saturated heterocycles. The highest BCUT2D eigenvalue weighted by molar-refractivity contribution is 5.95. The fourth-order valence-electron chi connectivity index (χ4n) is 2.00. The highest BCUT2D eigenvalue weighted by atomic mass is 19.1. The summed E-state index contributed by atoms with van der Waals surface area (Å²) in [5.41, 5.74) is 1.05. The number of carbonyl (C=O) groups excluding carboxylic acids is 1. The lowest BCUT2D eigenvalue weighted by Crippen LogP contribution is -2.22. The Morgan fingerprint density at radius 3 is 2.69 bits per heavy atom. The molecule has 1 aliphatic rings. The third kappa shape index (κ3) is 2.01. The summed E-state index contributed by atoms with van der Waals surface area (Å²) in [7, 11) is 1.57. The number of halogens is 1. The summed E-state index contributed by atoms with van der Waals surface area (Å²) in [6.45, 7) is 1.74. The van der Waals surface area contributed by atoms with Crippen molar-refractivity contribution in [1.82, 2.24) is 5.32 Å². The smallest absolute Gasteiger partial charge is 0.251 e. The molecule has 1 aliphatic heterocycles. The SMILES string of the molecule is CNC(=O)c1ccc(F)c(N2CCCC2)c1. The molecule has 1 amide bonds. The molecule has 0 aromatic heterocycles. The summed E-state index contributed by atoms with van der Waals surface area (Å²) in [5.74, 6) is -0.435. The van der Waals surface area contributed by atoms with E-state index in [1.807, 2.05) is 4.90 Å². The minimum absolute atomic E-state index is 0.180. The van der Waals surface area contributed by atoms with Crippen molar-refractivity contribution in [3.05, 3.63) is 29.6 Å². The molecular weight excluding hydrogens is 207 g/mol. The molecule has 1 heterocycles. The Morgan fingerprint density at radius 2 is 2.06 bits per heavy atom. The average molecular weight is 222 g/mol. The molecule has 4 heteroatoms. The van der Waals surface area contributed by atoms with Crippen molar-refractivity contribution < 1.29 is 9.18 Å². The van der Waals surface area contributed by atoms with Gasteiger partial charge in [0.05, 0.1) is 5.69 Å². The monoisotopic (exact) mass is 222 g/mol. The molecule has 0 atom stereocenters. The van der Waals surface area contributed by atoms with E-state index in [1.54, 1.807) is 13.1 Å². The summed E-state index contributed by atoms with van der Waals surface area (Å²) in [6, 6.07) is 4.49. The molecule has 2 rings (SSSR count). The van der Waals surface area contributed by atoms with Crippen molar-refractivity contribution in [1.29, 1.82) is 0 Å². The first-order valence-corrected chi connectivity index (χ1v) is 5.49. The normalized spacial score (nSPS) is 15.2. The molecule has 16 heavy (non-hydrogen) atoms. The number of hydrogen-bond acceptors (Lipinski definition) is 2. The maximum atomic E-state index is 13.6. The standard InChI is InChI=1S/C12H15FN2O/c1-14-12(16)9-4-5-10(13)11(8-9)15-6-2-3-7-15/h4-5,8H,2-3,6-7H2,1H3,(H,14,16). The van der Waals surface area contributed by atoms with E-state index >= 15 is 0 Å². The lowest BCUT2D eigenvalue weighted by Gasteiger charge is -2.18. The van der Waals surface area contributed by atoms with Crippen molar-refractivity contribution in [3.8, 4) is 0 Å². The zero-order chi connectivity index (χ0) is 11.5. The molecule has 3 nitrogen and oxygen atoms in total. The Balaban J connectivity index is 2.32. The zero-order valence-corrected chi connectivity index (χ0v) is 9.29. The van der Waals surface area contributed by atoms with Crippen LogP contribution in [-0.4, -0.2) is 26.0 Å². The Kier molecular flexibility index (Phi) is 3.08. The minimum Gasteiger partial charge on any atom is -0.369 e. The summed E-state index contributed by atoms with van der Waals surface area (Å²) in [5, 5.41) is 2.54. The third-order valence-electron chi connectivity index (χ3n) is 2.88. The van der Waals surface area contributed by atoms with E-state index < -0.39 is 0 Å². The molecule has 1 fully saturated rings. The van der Waals surface area contributed by atoms with Gasteiger partial charge in [0.2, 0.25) is 0 Å². The van der Waals surface area contributed by atoms with Crippen LogP contribution in [0.5, 0.6) is 0 Å². The molecule has 1 aromatic carbocycles. The highest BCUT2D eigenvalue weighted by Gasteiger charge is 2.17. The zero-order valence-electron chi connectivity index (χ0n) is 9.29. The van der Waals surface area contributed by atoms with Crippen LogP contribution in [0, 0.1) is 5.82 Å². The average Bonchev–Trinajstić information content (AvgIpc) is 2.82. The molecular formula is C12H15FN2O. The van der Waals surface area contributed by atoms with E-state index in [0.29, 0.717) is 11.3 Å². The van der Waals surface area contributed by atoms with Crippen LogP contribution in [0.3, 0.4) is 0 Å². The molecule has 0 radical (unpaired) electrons. The van der Waals surface area contributed by atoms with Crippen LogP contribution in [-0.2, 0) is 0 Å². The first-order chi connectivity index (χ1) is 7.72. The molecule has 1 N–H and O–H groups in total. The molecule has 0 spiro atoms. The van der Waals surface area contributed by atoms with Crippen LogP contribution in [0.15, 0.2) is 18.2 Å². The van der Waals surface area contributed by atoms with Gasteiger partial charge in [-0.2, -0.15) is 0 Å². The van der Waals surface area contributed by atoms with Gasteiger partial charge >= 0.3 is 0 Å². The predicted molar refractivity (Wildman–Crippen MR) is 61.2 cm³/mol. The van der Waals surface area contributed by atoms with Gasteiger partial charge in [-0.3, -0.25) is 4.79 Å². The number of carbonyl (C=O) groups is 1. The van der Waals surface area contributed by atoms with Gasteiger partial charge in [0.25, 0.3) is 5.91 Å². The van der Waals surface area contributed by atoms with E-state index in [-0.39, 0.29) is 11.7 Å². The number of nitrogens with one attached hydrogen (secondary N) is 1. The Hall–Kier alpha value is -1.58. The van der Waals surface area contributed by atoms with Crippen LogP contribution >= 0.6 is 0 Å². The quantitative estimate of drug-likeness (QED) is 0.827. The van der Waals surface area contributed by atoms with Crippen LogP contribution in [0.4, 0.5) is 10.1 Å². The summed E-state index contributed by atoms with van der Waals surface area (Å²) in [6.07, 6.45) is 2.17. The van der Waals surface area contributed by atoms with Crippen molar-refractivity contribution >= 4 is 11.6 Å². The number of anilines is 1. The number of hydrogen-bond donors (Lipinski definition) is 1. The maximum absolute atomic E-state index is 13.6. The second-order valence-electron chi connectivity index (χ2n) is 3.94. The van der Waals surface area contributed by atoms with Gasteiger partial charge in [-0.1, -0.05) is 0 Å². The maximum Gasteiger partial charge on any atom is 0.251 e. The first kappa shape index (κ1) is 10.9. The number of amides is 1. The van der Waals surface area contributed by atoms with Gasteiger partial charge in [0.1, 0.15) is 5.82 Å². The van der Waals surface area contributed by atoms with E-state index in [0.717, 1.165) is 25.9 Å². The van der Waals surface area contributed by atoms with Crippen molar-refractivity contribution in [2.24, 2.45) is 0 Å². The number of rotatable bonds is 2. The van der Waals surface area contributed by atoms with Crippen molar-refractivity contribution in [2.45, 2.75) is 12.8 Å². The van der Waals surface area contributed by atoms with E-state index in [1.165, 1.54) is 12.1 Å². The van der Waals surface area contributed by atoms with Crippen molar-refractivity contribution in [3.63, 3.8) is 0 Å². The van der Waals surface area contributed by atoms with Gasteiger partial charge in [-0.15, -0.1) is 0 Å². The molecule has 86 valence electrons. The van der Waals surface area contributed by atoms with Gasteiger partial charge in [0, 0.05) is 25.7 Å². The van der Waals surface area contributed by atoms with Gasteiger partial charge in [-0.05, 0) is 31.0 Å². The largest absolute Gasteiger partial charge is 0.369 e. The Bertz CT molecular complexity index is 400. The van der Waals surface area contributed by atoms with Gasteiger partial charge in [0.15, 0.2) is 0 Å². The second-order valence-corrected chi connectivity index (χ2v) is 3.94. The minimum atomic E-state index is -0.255. The highest BCUT2D eigenvalue weighted by Crippen LogP contribution is 2.24. The fourth-order valence-corrected chi connectivity index (χ4v) is 2.00. The third-order valence-corrected chi connectivity index (χ3v) is 2.88. The number of benzene rings is 1. The molecule has 0 aliphatic carbocycles. The Morgan fingerprint density at radius 1 is 1.38 bits per heavy atom. The van der Waals surface area contributed by atoms with Crippen molar-refractivity contribution in [2.75, 3.05) is 25.0 Å². The van der Waals surface area contributed by atoms with Crippen LogP contribution in [0.2, 0.25) is 0 Å². The predicted octanol–water partition coefficient (Wildman–Crippen LogP) is 1.79. The van der Waals surface area contributed by atoms with Crippen LogP contribution < -0.4 is 10.2 Å². The van der Waals surface area contributed by atoms with Gasteiger partial charge in [-0.25, -0.2) is 4.39 Å². The van der Waals surface area contributed by atoms with Crippen LogP contribution in [0.1, 0.15) is 23.2 Å². The second kappa shape index (κ2) is 4.51. The summed E-state index contributed by atoms with van der Waals surface area (Å²) < 4.78 is 13.6. The van der Waals surface area contributed by atoms with Gasteiger partial charge < -0.3 is 10.2 Å². The lowest BCUT2D eigenvalue weighted by molar-refractivity contribution is 0.0963. The number of nitrogens with zero attached hydrogens (tertiary/aromatic N) is 1.